The van der Waals surface area contributed by atoms with Crippen molar-refractivity contribution in [2.75, 3.05) is 13.2 Å². The molecule has 10 heteroatoms. The highest BCUT2D eigenvalue weighted by Gasteiger charge is 2.37. The van der Waals surface area contributed by atoms with Gasteiger partial charge in [-0.2, -0.15) is 0 Å². The van der Waals surface area contributed by atoms with Crippen LogP contribution in [0.3, 0.4) is 0 Å². The molecule has 0 bridgehead atoms. The molecule has 4 amide bonds. The van der Waals surface area contributed by atoms with Crippen LogP contribution in [-0.2, 0) is 19.1 Å². The average molecular weight is 507 g/mol. The topological polar surface area (TPSA) is 151 Å². The highest BCUT2D eigenvalue weighted by molar-refractivity contribution is 5.94. The molecule has 0 saturated heterocycles. The van der Waals surface area contributed by atoms with Crippen LogP contribution in [0.2, 0.25) is 0 Å². The van der Waals surface area contributed by atoms with Crippen molar-refractivity contribution in [3.8, 4) is 0 Å². The molecular weight excluding hydrogens is 464 g/mol. The molecule has 0 aliphatic heterocycles. The number of primary amides is 1. The predicted octanol–water partition coefficient (Wildman–Crippen LogP) is 2.24. The van der Waals surface area contributed by atoms with E-state index in [9.17, 15) is 24.3 Å². The quantitative estimate of drug-likeness (QED) is 0.341. The second-order valence-electron chi connectivity index (χ2n) is 10.1. The van der Waals surface area contributed by atoms with Crippen molar-refractivity contribution in [3.05, 3.63) is 34.9 Å². The summed E-state index contributed by atoms with van der Waals surface area (Å²) in [5.74, 6) is -1.99. The smallest absolute Gasteiger partial charge is 0.408 e. The maximum atomic E-state index is 13.8. The van der Waals surface area contributed by atoms with E-state index >= 15 is 0 Å². The van der Waals surface area contributed by atoms with Gasteiger partial charge in [0.2, 0.25) is 17.7 Å². The number of benzene rings is 1. The Balaban J connectivity index is 3.52. The Morgan fingerprint density at radius 3 is 2.31 bits per heavy atom. The third-order valence-corrected chi connectivity index (χ3v) is 5.42. The van der Waals surface area contributed by atoms with Crippen molar-refractivity contribution in [2.45, 2.75) is 91.5 Å². The number of nitrogens with zero attached hydrogens (tertiary/aromatic N) is 1. The summed E-state index contributed by atoms with van der Waals surface area (Å²) in [5, 5.41) is 15.2. The van der Waals surface area contributed by atoms with E-state index in [1.54, 1.807) is 20.8 Å². The molecule has 1 aromatic rings. The van der Waals surface area contributed by atoms with E-state index in [-0.39, 0.29) is 12.6 Å². The van der Waals surface area contributed by atoms with Gasteiger partial charge in [-0.1, -0.05) is 37.1 Å². The number of aryl methyl sites for hydroxylation is 2. The molecule has 0 fully saturated rings. The van der Waals surface area contributed by atoms with Crippen molar-refractivity contribution in [1.82, 2.24) is 15.5 Å². The number of amides is 4. The highest BCUT2D eigenvalue weighted by Crippen LogP contribution is 2.27. The Labute approximate surface area is 213 Å². The third-order valence-electron chi connectivity index (χ3n) is 5.42. The van der Waals surface area contributed by atoms with Gasteiger partial charge in [0.05, 0.1) is 13.0 Å². The molecule has 36 heavy (non-hydrogen) atoms. The summed E-state index contributed by atoms with van der Waals surface area (Å²) in [5.41, 5.74) is 6.75. The first kappa shape index (κ1) is 30.9. The van der Waals surface area contributed by atoms with Crippen molar-refractivity contribution in [2.24, 2.45) is 5.73 Å². The molecule has 10 nitrogen and oxygen atoms in total. The van der Waals surface area contributed by atoms with Crippen LogP contribution in [0.1, 0.15) is 76.6 Å². The fourth-order valence-corrected chi connectivity index (χ4v) is 3.86. The van der Waals surface area contributed by atoms with E-state index in [0.717, 1.165) is 24.0 Å². The molecule has 1 rings (SSSR count). The molecule has 0 heterocycles. The number of alkyl carbamates (subject to hydrolysis) is 1. The number of hydrogen-bond donors (Lipinski definition) is 4. The zero-order chi connectivity index (χ0) is 27.6. The summed E-state index contributed by atoms with van der Waals surface area (Å²) in [4.78, 5) is 52.7. The Bertz CT molecular complexity index is 927. The number of carbonyl (C=O) groups excluding carboxylic acids is 4. The SMILES string of the molecule is CCCC(C)NC(=O)C(c1cc(C)ccc1C)N(CCO)C(=O)C(CC(N)=O)NC(=O)OC(C)(C)C. The Hall–Kier alpha value is -3.14. The summed E-state index contributed by atoms with van der Waals surface area (Å²) in [6.45, 7) is 11.9. The van der Waals surface area contributed by atoms with E-state index < -0.39 is 54.5 Å². The monoisotopic (exact) mass is 506 g/mol. The lowest BCUT2D eigenvalue weighted by atomic mass is 9.95. The van der Waals surface area contributed by atoms with E-state index in [0.29, 0.717) is 5.56 Å². The molecule has 3 unspecified atom stereocenters. The lowest BCUT2D eigenvalue weighted by Crippen LogP contribution is -2.55. The van der Waals surface area contributed by atoms with Gasteiger partial charge < -0.3 is 31.1 Å². The minimum atomic E-state index is -1.39. The molecule has 0 aromatic heterocycles. The number of hydrogen-bond acceptors (Lipinski definition) is 6. The van der Waals surface area contributed by atoms with Gasteiger partial charge in [0.25, 0.3) is 0 Å². The van der Waals surface area contributed by atoms with Crippen LogP contribution in [0.15, 0.2) is 18.2 Å². The van der Waals surface area contributed by atoms with Gasteiger partial charge in [-0.3, -0.25) is 14.4 Å². The minimum Gasteiger partial charge on any atom is -0.444 e. The largest absolute Gasteiger partial charge is 0.444 e. The van der Waals surface area contributed by atoms with E-state index in [2.05, 4.69) is 10.6 Å². The molecule has 202 valence electrons. The van der Waals surface area contributed by atoms with Crippen LogP contribution in [0.5, 0.6) is 0 Å². The van der Waals surface area contributed by atoms with Crippen LogP contribution < -0.4 is 16.4 Å². The average Bonchev–Trinajstić information content (AvgIpc) is 2.73. The van der Waals surface area contributed by atoms with Crippen LogP contribution >= 0.6 is 0 Å². The van der Waals surface area contributed by atoms with Crippen molar-refractivity contribution in [3.63, 3.8) is 0 Å². The van der Waals surface area contributed by atoms with Gasteiger partial charge in [0.15, 0.2) is 0 Å². The molecule has 0 saturated carbocycles. The minimum absolute atomic E-state index is 0.150. The molecular formula is C26H42N4O6. The molecule has 0 spiro atoms. The van der Waals surface area contributed by atoms with Crippen LogP contribution in [0.25, 0.3) is 0 Å². The van der Waals surface area contributed by atoms with Gasteiger partial charge >= 0.3 is 6.09 Å². The van der Waals surface area contributed by atoms with Crippen LogP contribution in [0.4, 0.5) is 4.79 Å². The summed E-state index contributed by atoms with van der Waals surface area (Å²) >= 11 is 0. The number of aliphatic hydroxyl groups excluding tert-OH is 1. The van der Waals surface area contributed by atoms with Crippen LogP contribution in [-0.4, -0.2) is 64.7 Å². The Morgan fingerprint density at radius 1 is 1.14 bits per heavy atom. The maximum absolute atomic E-state index is 13.8. The summed E-state index contributed by atoms with van der Waals surface area (Å²) < 4.78 is 5.25. The fraction of sp³-hybridized carbons (Fsp3) is 0.615. The first-order valence-corrected chi connectivity index (χ1v) is 12.3. The van der Waals surface area contributed by atoms with Crippen molar-refractivity contribution in [1.29, 1.82) is 0 Å². The molecule has 3 atom stereocenters. The van der Waals surface area contributed by atoms with Gasteiger partial charge in [0, 0.05) is 12.6 Å². The number of nitrogens with two attached hydrogens (primary N) is 1. The highest BCUT2D eigenvalue weighted by atomic mass is 16.6. The van der Waals surface area contributed by atoms with Gasteiger partial charge in [-0.15, -0.1) is 0 Å². The van der Waals surface area contributed by atoms with E-state index in [1.807, 2.05) is 45.9 Å². The number of ether oxygens (including phenoxy) is 1. The molecule has 5 N–H and O–H groups in total. The van der Waals surface area contributed by atoms with E-state index in [1.165, 1.54) is 4.90 Å². The standard InChI is InChI=1S/C26H42N4O6/c1-8-9-18(4)28-23(33)22(19-14-16(2)10-11-17(19)3)30(12-13-31)24(34)20(15-21(27)32)29-25(35)36-26(5,6)7/h10-11,14,18,20,22,31H,8-9,12-13,15H2,1-7H3,(H2,27,32)(H,28,33)(H,29,35). The lowest BCUT2D eigenvalue weighted by Gasteiger charge is -2.35. The summed E-state index contributed by atoms with van der Waals surface area (Å²) in [6, 6.07) is 2.90. The maximum Gasteiger partial charge on any atom is 0.408 e. The van der Waals surface area contributed by atoms with Gasteiger partial charge in [-0.25, -0.2) is 4.79 Å². The number of carbonyl (C=O) groups is 4. The number of nitrogens with one attached hydrogen (secondary N) is 2. The molecule has 0 aliphatic carbocycles. The second-order valence-corrected chi connectivity index (χ2v) is 10.1. The normalized spacial score (nSPS) is 13.8. The summed E-state index contributed by atoms with van der Waals surface area (Å²) in [7, 11) is 0. The molecule has 1 aromatic carbocycles. The van der Waals surface area contributed by atoms with E-state index in [4.69, 9.17) is 10.5 Å². The lowest BCUT2D eigenvalue weighted by molar-refractivity contribution is -0.144. The first-order valence-electron chi connectivity index (χ1n) is 12.3. The number of aliphatic hydroxyl groups is 1. The molecule has 0 aliphatic rings. The van der Waals surface area contributed by atoms with Gasteiger partial charge in [0.1, 0.15) is 17.7 Å². The third kappa shape index (κ3) is 9.85. The zero-order valence-corrected chi connectivity index (χ0v) is 22.5. The summed E-state index contributed by atoms with van der Waals surface area (Å²) in [6.07, 6.45) is 0.183. The fourth-order valence-electron chi connectivity index (χ4n) is 3.86. The predicted molar refractivity (Wildman–Crippen MR) is 137 cm³/mol. The molecule has 0 radical (unpaired) electrons. The number of rotatable bonds is 12. The Morgan fingerprint density at radius 2 is 1.78 bits per heavy atom. The van der Waals surface area contributed by atoms with Crippen LogP contribution in [0, 0.1) is 13.8 Å². The second kappa shape index (κ2) is 13.8. The first-order chi connectivity index (χ1) is 16.7. The van der Waals surface area contributed by atoms with Crippen molar-refractivity contribution < 1.29 is 29.0 Å². The Kier molecular flexibility index (Phi) is 11.9. The zero-order valence-electron chi connectivity index (χ0n) is 22.5. The van der Waals surface area contributed by atoms with Gasteiger partial charge in [-0.05, 0) is 59.1 Å². The van der Waals surface area contributed by atoms with Crippen molar-refractivity contribution >= 4 is 23.8 Å².